The third-order valence-electron chi connectivity index (χ3n) is 3.65. The lowest BCUT2D eigenvalue weighted by molar-refractivity contribution is -0.127. The van der Waals surface area contributed by atoms with Crippen molar-refractivity contribution in [2.75, 3.05) is 27.2 Å². The van der Waals surface area contributed by atoms with Crippen LogP contribution in [0, 0.1) is 0 Å². The van der Waals surface area contributed by atoms with Crippen molar-refractivity contribution in [3.8, 4) is 0 Å². The van der Waals surface area contributed by atoms with Crippen LogP contribution in [0.25, 0.3) is 0 Å². The molecule has 0 saturated heterocycles. The van der Waals surface area contributed by atoms with E-state index >= 15 is 0 Å². The van der Waals surface area contributed by atoms with E-state index in [-0.39, 0.29) is 42.5 Å². The lowest BCUT2D eigenvalue weighted by atomic mass is 10.1. The number of rotatable bonds is 7. The van der Waals surface area contributed by atoms with Crippen molar-refractivity contribution >= 4 is 35.8 Å². The van der Waals surface area contributed by atoms with E-state index in [9.17, 15) is 4.79 Å². The van der Waals surface area contributed by atoms with Crippen LogP contribution in [0.5, 0.6) is 0 Å². The second-order valence-electron chi connectivity index (χ2n) is 5.84. The molecule has 1 aromatic carbocycles. The molecule has 0 fully saturated rings. The molecule has 1 rings (SSSR count). The highest BCUT2D eigenvalue weighted by molar-refractivity contribution is 14.0. The number of likely N-dealkylation sites (N-methyl/N-ethyl adjacent to an activating group) is 1. The number of carbonyl (C=O) groups excluding carboxylic acids is 1. The first-order valence-corrected chi connectivity index (χ1v) is 8.31. The summed E-state index contributed by atoms with van der Waals surface area (Å²) >= 11 is 0. The molecule has 1 aromatic rings. The molecule has 136 valence electrons. The zero-order chi connectivity index (χ0) is 17.2. The Morgan fingerprint density at radius 1 is 1.21 bits per heavy atom. The Kier molecular flexibility index (Phi) is 11.4. The number of nitrogens with one attached hydrogen (secondary N) is 2. The molecule has 0 spiro atoms. The van der Waals surface area contributed by atoms with Crippen molar-refractivity contribution in [3.05, 3.63) is 35.4 Å². The summed E-state index contributed by atoms with van der Waals surface area (Å²) in [6, 6.07) is 8.70. The van der Waals surface area contributed by atoms with Crippen LogP contribution in [0.4, 0.5) is 0 Å². The molecule has 0 aliphatic heterocycles. The molecular formula is C18H31IN4O. The number of nitrogens with zero attached hydrogens (tertiary/aromatic N) is 2. The summed E-state index contributed by atoms with van der Waals surface area (Å²) in [7, 11) is 3.48. The van der Waals surface area contributed by atoms with Gasteiger partial charge in [-0.2, -0.15) is 0 Å². The van der Waals surface area contributed by atoms with Crippen molar-refractivity contribution in [1.29, 1.82) is 0 Å². The maximum Gasteiger partial charge on any atom is 0.243 e. The number of carbonyl (C=O) groups is 1. The van der Waals surface area contributed by atoms with E-state index in [1.165, 1.54) is 11.1 Å². The molecule has 0 aliphatic rings. The summed E-state index contributed by atoms with van der Waals surface area (Å²) in [5, 5.41) is 6.62. The summed E-state index contributed by atoms with van der Waals surface area (Å²) in [6.07, 6.45) is 2.04. The second kappa shape index (κ2) is 12.1. The molecule has 0 bridgehead atoms. The van der Waals surface area contributed by atoms with Crippen LogP contribution in [-0.2, 0) is 11.2 Å². The highest BCUT2D eigenvalue weighted by Gasteiger charge is 2.09. The van der Waals surface area contributed by atoms with Crippen molar-refractivity contribution in [1.82, 2.24) is 15.5 Å². The van der Waals surface area contributed by atoms with Gasteiger partial charge in [0.2, 0.25) is 5.91 Å². The summed E-state index contributed by atoms with van der Waals surface area (Å²) < 4.78 is 0. The topological polar surface area (TPSA) is 56.7 Å². The minimum atomic E-state index is -0.0115. The maximum atomic E-state index is 11.7. The van der Waals surface area contributed by atoms with E-state index < -0.39 is 0 Å². The minimum absolute atomic E-state index is 0. The normalized spacial score (nSPS) is 12.1. The van der Waals surface area contributed by atoms with Crippen molar-refractivity contribution < 1.29 is 4.79 Å². The number of guanidine groups is 1. The van der Waals surface area contributed by atoms with Gasteiger partial charge in [0.15, 0.2) is 5.96 Å². The predicted octanol–water partition coefficient (Wildman–Crippen LogP) is 2.96. The SMILES string of the molecule is CCCNC(=NCC(=O)N(C)C)NC(C)c1ccc(CC)cc1.I. The monoisotopic (exact) mass is 446 g/mol. The lowest BCUT2D eigenvalue weighted by Gasteiger charge is -2.19. The summed E-state index contributed by atoms with van der Waals surface area (Å²) in [6.45, 7) is 7.31. The van der Waals surface area contributed by atoms with E-state index in [2.05, 4.69) is 60.7 Å². The highest BCUT2D eigenvalue weighted by Crippen LogP contribution is 2.13. The molecule has 5 nitrogen and oxygen atoms in total. The number of benzene rings is 1. The zero-order valence-electron chi connectivity index (χ0n) is 15.4. The van der Waals surface area contributed by atoms with Crippen LogP contribution >= 0.6 is 24.0 Å². The first kappa shape index (κ1) is 22.7. The lowest BCUT2D eigenvalue weighted by Crippen LogP contribution is -2.40. The molecule has 1 amide bonds. The van der Waals surface area contributed by atoms with Crippen molar-refractivity contribution in [3.63, 3.8) is 0 Å². The highest BCUT2D eigenvalue weighted by atomic mass is 127. The van der Waals surface area contributed by atoms with Gasteiger partial charge in [-0.05, 0) is 30.9 Å². The third kappa shape index (κ3) is 7.99. The number of aliphatic imine (C=N–C) groups is 1. The molecule has 0 radical (unpaired) electrons. The predicted molar refractivity (Wildman–Crippen MR) is 112 cm³/mol. The van der Waals surface area contributed by atoms with E-state index in [0.717, 1.165) is 19.4 Å². The molecular weight excluding hydrogens is 415 g/mol. The fourth-order valence-electron chi connectivity index (χ4n) is 2.01. The fraction of sp³-hybridized carbons (Fsp3) is 0.556. The van der Waals surface area contributed by atoms with Crippen LogP contribution in [0.2, 0.25) is 0 Å². The number of hydrogen-bond donors (Lipinski definition) is 2. The molecule has 0 heterocycles. The molecule has 0 saturated carbocycles. The van der Waals surface area contributed by atoms with E-state index in [1.54, 1.807) is 19.0 Å². The minimum Gasteiger partial charge on any atom is -0.356 e. The van der Waals surface area contributed by atoms with Crippen molar-refractivity contribution in [2.45, 2.75) is 39.7 Å². The number of amides is 1. The largest absolute Gasteiger partial charge is 0.356 e. The Morgan fingerprint density at radius 2 is 1.83 bits per heavy atom. The Morgan fingerprint density at radius 3 is 2.33 bits per heavy atom. The van der Waals surface area contributed by atoms with Crippen LogP contribution in [0.1, 0.15) is 44.4 Å². The fourth-order valence-corrected chi connectivity index (χ4v) is 2.01. The quantitative estimate of drug-likeness (QED) is 0.385. The molecule has 0 aromatic heterocycles. The number of hydrogen-bond acceptors (Lipinski definition) is 2. The van der Waals surface area contributed by atoms with E-state index in [4.69, 9.17) is 0 Å². The molecule has 1 atom stereocenters. The third-order valence-corrected chi connectivity index (χ3v) is 3.65. The van der Waals surface area contributed by atoms with E-state index in [1.807, 2.05) is 0 Å². The average Bonchev–Trinajstić information content (AvgIpc) is 2.56. The second-order valence-corrected chi connectivity index (χ2v) is 5.84. The van der Waals surface area contributed by atoms with Crippen molar-refractivity contribution in [2.24, 2.45) is 4.99 Å². The van der Waals surface area contributed by atoms with Crippen LogP contribution in [0.15, 0.2) is 29.3 Å². The van der Waals surface area contributed by atoms with Crippen LogP contribution < -0.4 is 10.6 Å². The Labute approximate surface area is 163 Å². The van der Waals surface area contributed by atoms with Gasteiger partial charge in [-0.15, -0.1) is 24.0 Å². The summed E-state index contributed by atoms with van der Waals surface area (Å²) in [5.41, 5.74) is 2.53. The molecule has 6 heteroatoms. The van der Waals surface area contributed by atoms with Gasteiger partial charge in [0, 0.05) is 20.6 Å². The molecule has 24 heavy (non-hydrogen) atoms. The van der Waals surface area contributed by atoms with Crippen LogP contribution in [0.3, 0.4) is 0 Å². The zero-order valence-corrected chi connectivity index (χ0v) is 17.8. The first-order chi connectivity index (χ1) is 11.0. The van der Waals surface area contributed by atoms with Gasteiger partial charge >= 0.3 is 0 Å². The number of aryl methyl sites for hydroxylation is 1. The van der Waals surface area contributed by atoms with Gasteiger partial charge in [0.25, 0.3) is 0 Å². The maximum absolute atomic E-state index is 11.7. The summed E-state index contributed by atoms with van der Waals surface area (Å²) in [4.78, 5) is 17.6. The molecule has 1 unspecified atom stereocenters. The van der Waals surface area contributed by atoms with Gasteiger partial charge in [-0.3, -0.25) is 4.79 Å². The standard InChI is InChI=1S/C18H30N4O.HI/c1-6-12-19-18(20-13-17(23)22(4)5)21-14(3)16-10-8-15(7-2)9-11-16;/h8-11,14H,6-7,12-13H2,1-5H3,(H2,19,20,21);1H. The smallest absolute Gasteiger partial charge is 0.243 e. The Balaban J connectivity index is 0.00000529. The Hall–Kier alpha value is -1.31. The van der Waals surface area contributed by atoms with E-state index in [0.29, 0.717) is 5.96 Å². The number of halogens is 1. The first-order valence-electron chi connectivity index (χ1n) is 8.31. The van der Waals surface area contributed by atoms with Gasteiger partial charge in [-0.1, -0.05) is 38.1 Å². The molecule has 0 aliphatic carbocycles. The van der Waals surface area contributed by atoms with Gasteiger partial charge in [0.1, 0.15) is 6.54 Å². The average molecular weight is 446 g/mol. The molecule has 2 N–H and O–H groups in total. The van der Waals surface area contributed by atoms with Gasteiger partial charge in [-0.25, -0.2) is 4.99 Å². The van der Waals surface area contributed by atoms with Crippen LogP contribution in [-0.4, -0.2) is 44.0 Å². The van der Waals surface area contributed by atoms with Gasteiger partial charge < -0.3 is 15.5 Å². The van der Waals surface area contributed by atoms with Gasteiger partial charge in [0.05, 0.1) is 6.04 Å². The summed E-state index contributed by atoms with van der Waals surface area (Å²) in [5.74, 6) is 0.664. The Bertz CT molecular complexity index is 514.